The number of likely N-dealkylation sites (tertiary alicyclic amines) is 1. The summed E-state index contributed by atoms with van der Waals surface area (Å²) in [5.74, 6) is 0.207. The van der Waals surface area contributed by atoms with Gasteiger partial charge in [0.2, 0.25) is 5.91 Å². The van der Waals surface area contributed by atoms with Gasteiger partial charge in [-0.2, -0.15) is 0 Å². The molecule has 1 fully saturated rings. The zero-order valence-corrected chi connectivity index (χ0v) is 14.2. The summed E-state index contributed by atoms with van der Waals surface area (Å²) < 4.78 is 5.81. The molecule has 1 aromatic rings. The lowest BCUT2D eigenvalue weighted by molar-refractivity contribution is -0.384. The van der Waals surface area contributed by atoms with Crippen molar-refractivity contribution in [2.45, 2.75) is 12.8 Å². The zero-order chi connectivity index (χ0) is 16.8. The molecule has 2 rings (SSSR count). The first-order valence-electron chi connectivity index (χ1n) is 7.05. The van der Waals surface area contributed by atoms with E-state index in [2.05, 4.69) is 10.2 Å². The van der Waals surface area contributed by atoms with Gasteiger partial charge in [-0.25, -0.2) is 0 Å². The van der Waals surface area contributed by atoms with E-state index in [0.717, 1.165) is 30.3 Å². The number of thioether (sulfide) groups is 1. The van der Waals surface area contributed by atoms with Crippen molar-refractivity contribution in [1.29, 1.82) is 0 Å². The summed E-state index contributed by atoms with van der Waals surface area (Å²) >= 11 is 6.62. The molecule has 1 N–H and O–H groups in total. The minimum absolute atomic E-state index is 0.0931. The minimum atomic E-state index is -0.515. The Kier molecular flexibility index (Phi) is 6.17. The quantitative estimate of drug-likeness (QED) is 0.494. The second kappa shape index (κ2) is 8.11. The summed E-state index contributed by atoms with van der Waals surface area (Å²) in [7, 11) is 1.39. The standard InChI is InChI=1S/C14H17N3O4S2/c1-21-12-8-10(17(19)20)4-5-11(12)15-13(18)9-23-14(22)16-6-2-3-7-16/h4-5,8H,2-3,6-7,9H2,1H3,(H,15,18). The predicted octanol–water partition coefficient (Wildman–Crippen LogP) is 2.66. The SMILES string of the molecule is COc1cc([N+](=O)[O-])ccc1NC(=O)CSC(=S)N1CCCC1. The van der Waals surface area contributed by atoms with E-state index in [1.165, 1.54) is 37.1 Å². The summed E-state index contributed by atoms with van der Waals surface area (Å²) in [6.07, 6.45) is 2.26. The van der Waals surface area contributed by atoms with E-state index < -0.39 is 4.92 Å². The molecule has 1 aliphatic heterocycles. The number of nitro benzene ring substituents is 1. The molecule has 124 valence electrons. The van der Waals surface area contributed by atoms with E-state index in [-0.39, 0.29) is 23.1 Å². The number of rotatable bonds is 5. The van der Waals surface area contributed by atoms with Crippen molar-refractivity contribution >= 4 is 45.6 Å². The number of nitro groups is 1. The molecule has 1 aliphatic rings. The van der Waals surface area contributed by atoms with Crippen LogP contribution in [0.1, 0.15) is 12.8 Å². The number of amides is 1. The Bertz CT molecular complexity index is 618. The van der Waals surface area contributed by atoms with Gasteiger partial charge in [0, 0.05) is 19.2 Å². The molecule has 0 aliphatic carbocycles. The third-order valence-corrected chi connectivity index (χ3v) is 4.88. The van der Waals surface area contributed by atoms with Gasteiger partial charge < -0.3 is 15.0 Å². The van der Waals surface area contributed by atoms with E-state index in [1.54, 1.807) is 0 Å². The maximum absolute atomic E-state index is 12.0. The Morgan fingerprint density at radius 2 is 2.17 bits per heavy atom. The fraction of sp³-hybridized carbons (Fsp3) is 0.429. The van der Waals surface area contributed by atoms with Crippen LogP contribution >= 0.6 is 24.0 Å². The second-order valence-electron chi connectivity index (χ2n) is 4.94. The molecule has 1 heterocycles. The summed E-state index contributed by atoms with van der Waals surface area (Å²) in [5.41, 5.74) is 0.306. The van der Waals surface area contributed by atoms with Crippen LogP contribution in [0.4, 0.5) is 11.4 Å². The van der Waals surface area contributed by atoms with Crippen molar-refractivity contribution in [3.63, 3.8) is 0 Å². The zero-order valence-electron chi connectivity index (χ0n) is 12.6. The average Bonchev–Trinajstić information content (AvgIpc) is 3.07. The monoisotopic (exact) mass is 355 g/mol. The first-order valence-corrected chi connectivity index (χ1v) is 8.44. The molecule has 0 bridgehead atoms. The molecule has 0 atom stereocenters. The number of thiocarbonyl (C=S) groups is 1. The van der Waals surface area contributed by atoms with Gasteiger partial charge in [0.15, 0.2) is 0 Å². The van der Waals surface area contributed by atoms with Gasteiger partial charge in [0.25, 0.3) is 5.69 Å². The summed E-state index contributed by atoms with van der Waals surface area (Å²) in [6, 6.07) is 4.05. The van der Waals surface area contributed by atoms with Crippen molar-refractivity contribution in [1.82, 2.24) is 4.90 Å². The van der Waals surface area contributed by atoms with Gasteiger partial charge in [-0.05, 0) is 18.9 Å². The number of carbonyl (C=O) groups is 1. The minimum Gasteiger partial charge on any atom is -0.494 e. The number of ether oxygens (including phenoxy) is 1. The third-order valence-electron chi connectivity index (χ3n) is 3.36. The molecule has 1 saturated heterocycles. The lowest BCUT2D eigenvalue weighted by Crippen LogP contribution is -2.25. The van der Waals surface area contributed by atoms with Crippen LogP contribution in [0, 0.1) is 10.1 Å². The van der Waals surface area contributed by atoms with E-state index in [0.29, 0.717) is 5.69 Å². The first-order chi connectivity index (χ1) is 11.0. The van der Waals surface area contributed by atoms with Crippen LogP contribution in [0.2, 0.25) is 0 Å². The Hall–Kier alpha value is -1.87. The van der Waals surface area contributed by atoms with Gasteiger partial charge in [0.05, 0.1) is 29.5 Å². The molecular formula is C14H17N3O4S2. The Balaban J connectivity index is 1.91. The van der Waals surface area contributed by atoms with Gasteiger partial charge in [-0.1, -0.05) is 24.0 Å². The molecule has 0 radical (unpaired) electrons. The highest BCUT2D eigenvalue weighted by atomic mass is 32.2. The molecule has 0 unspecified atom stereocenters. The molecule has 9 heteroatoms. The predicted molar refractivity (Wildman–Crippen MR) is 94.1 cm³/mol. The van der Waals surface area contributed by atoms with Gasteiger partial charge in [0.1, 0.15) is 10.1 Å². The van der Waals surface area contributed by atoms with Crippen LogP contribution in [-0.4, -0.2) is 46.0 Å². The van der Waals surface area contributed by atoms with Crippen LogP contribution in [0.3, 0.4) is 0 Å². The Morgan fingerprint density at radius 1 is 1.48 bits per heavy atom. The number of nitrogens with zero attached hydrogens (tertiary/aromatic N) is 2. The molecule has 1 amide bonds. The van der Waals surface area contributed by atoms with Gasteiger partial charge in [-0.15, -0.1) is 0 Å². The van der Waals surface area contributed by atoms with E-state index in [4.69, 9.17) is 17.0 Å². The summed E-state index contributed by atoms with van der Waals surface area (Å²) in [6.45, 7) is 1.90. The van der Waals surface area contributed by atoms with Gasteiger partial charge in [-0.3, -0.25) is 14.9 Å². The third kappa shape index (κ3) is 4.80. The maximum atomic E-state index is 12.0. The van der Waals surface area contributed by atoms with Crippen molar-refractivity contribution in [2.75, 3.05) is 31.3 Å². The van der Waals surface area contributed by atoms with Crippen LogP contribution in [0.15, 0.2) is 18.2 Å². The van der Waals surface area contributed by atoms with E-state index in [1.807, 2.05) is 0 Å². The number of nitrogens with one attached hydrogen (secondary N) is 1. The topological polar surface area (TPSA) is 84.7 Å². The van der Waals surface area contributed by atoms with Gasteiger partial charge >= 0.3 is 0 Å². The molecular weight excluding hydrogens is 338 g/mol. The summed E-state index contributed by atoms with van der Waals surface area (Å²) in [4.78, 5) is 24.3. The number of non-ortho nitro benzene ring substituents is 1. The first kappa shape index (κ1) is 17.5. The smallest absolute Gasteiger partial charge is 0.273 e. The number of anilines is 1. The molecule has 0 aromatic heterocycles. The lowest BCUT2D eigenvalue weighted by Gasteiger charge is -2.17. The van der Waals surface area contributed by atoms with Crippen LogP contribution < -0.4 is 10.1 Å². The fourth-order valence-electron chi connectivity index (χ4n) is 2.20. The Morgan fingerprint density at radius 3 is 2.78 bits per heavy atom. The average molecular weight is 355 g/mol. The normalized spacial score (nSPS) is 13.7. The highest BCUT2D eigenvalue weighted by molar-refractivity contribution is 8.23. The molecule has 0 spiro atoms. The number of carbonyl (C=O) groups excluding carboxylic acids is 1. The second-order valence-corrected chi connectivity index (χ2v) is 6.55. The molecule has 0 saturated carbocycles. The molecule has 7 nitrogen and oxygen atoms in total. The van der Waals surface area contributed by atoms with Crippen molar-refractivity contribution in [3.8, 4) is 5.75 Å². The van der Waals surface area contributed by atoms with Crippen molar-refractivity contribution in [2.24, 2.45) is 0 Å². The van der Waals surface area contributed by atoms with E-state index >= 15 is 0 Å². The van der Waals surface area contributed by atoms with Crippen molar-refractivity contribution < 1.29 is 14.5 Å². The number of hydrogen-bond donors (Lipinski definition) is 1. The Labute approximate surface area is 143 Å². The van der Waals surface area contributed by atoms with Crippen LogP contribution in [0.25, 0.3) is 0 Å². The largest absolute Gasteiger partial charge is 0.494 e. The highest BCUT2D eigenvalue weighted by Crippen LogP contribution is 2.29. The van der Waals surface area contributed by atoms with Crippen LogP contribution in [0.5, 0.6) is 5.75 Å². The van der Waals surface area contributed by atoms with Crippen LogP contribution in [-0.2, 0) is 4.79 Å². The number of methoxy groups -OCH3 is 1. The lowest BCUT2D eigenvalue weighted by atomic mass is 10.2. The van der Waals surface area contributed by atoms with E-state index in [9.17, 15) is 14.9 Å². The maximum Gasteiger partial charge on any atom is 0.273 e. The fourth-order valence-corrected chi connectivity index (χ4v) is 3.25. The summed E-state index contributed by atoms with van der Waals surface area (Å²) in [5, 5.41) is 13.4. The molecule has 23 heavy (non-hydrogen) atoms. The highest BCUT2D eigenvalue weighted by Gasteiger charge is 2.17. The van der Waals surface area contributed by atoms with Crippen molar-refractivity contribution in [3.05, 3.63) is 28.3 Å². The number of hydrogen-bond acceptors (Lipinski definition) is 6. The number of benzene rings is 1. The molecule has 1 aromatic carbocycles.